The number of cyclic esters (lactones) is 1. The number of nitrogens with one attached hydrogen (secondary N) is 5. The highest BCUT2D eigenvalue weighted by Gasteiger charge is 2.46. The number of sulfone groups is 1. The van der Waals surface area contributed by atoms with E-state index in [4.69, 9.17) is 67.6 Å². The first kappa shape index (κ1) is 74.0. The maximum absolute atomic E-state index is 14.0. The van der Waals surface area contributed by atoms with Crippen LogP contribution in [0.1, 0.15) is 79.1 Å². The van der Waals surface area contributed by atoms with Crippen molar-refractivity contribution in [1.29, 1.82) is 0 Å². The molecule has 0 unspecified atom stereocenters. The molecule has 0 bridgehead atoms. The number of fused-ring (bicyclic) bond motifs is 6. The molecular weight excluding hydrogens is 1260 g/mol. The largest absolute Gasteiger partial charge is 0.458 e. The van der Waals surface area contributed by atoms with Gasteiger partial charge in [0.05, 0.1) is 153 Å². The molecule has 0 spiro atoms. The number of nitrogens with two attached hydrogens (primary N) is 1. The van der Waals surface area contributed by atoms with Crippen molar-refractivity contribution in [3.05, 3.63) is 68.8 Å². The monoisotopic (exact) mass is 1340 g/mol. The zero-order valence-electron chi connectivity index (χ0n) is 53.4. The summed E-state index contributed by atoms with van der Waals surface area (Å²) in [6.07, 6.45) is 4.48. The molecule has 6 heterocycles. The quantitative estimate of drug-likeness (QED) is 0.0141. The van der Waals surface area contributed by atoms with Crippen molar-refractivity contribution in [1.82, 2.24) is 46.1 Å². The predicted molar refractivity (Wildman–Crippen MR) is 332 cm³/mol. The number of hydrogen-bond donors (Lipinski definition) is 7. The van der Waals surface area contributed by atoms with Crippen LogP contribution in [0.2, 0.25) is 0 Å². The molecule has 94 heavy (non-hydrogen) atoms. The number of esters is 1. The first-order chi connectivity index (χ1) is 45.3. The maximum atomic E-state index is 14.0. The number of benzene rings is 1. The van der Waals surface area contributed by atoms with Gasteiger partial charge >= 0.3 is 5.97 Å². The van der Waals surface area contributed by atoms with E-state index in [0.717, 1.165) is 18.6 Å². The zero-order chi connectivity index (χ0) is 67.5. The highest BCUT2D eigenvalue weighted by atomic mass is 32.2. The molecule has 1 aromatic carbocycles. The minimum atomic E-state index is -3.55. The average Bonchev–Trinajstić information content (AvgIpc) is 1.52. The summed E-state index contributed by atoms with van der Waals surface area (Å²) >= 11 is 0. The third-order valence-electron chi connectivity index (χ3n) is 15.0. The summed E-state index contributed by atoms with van der Waals surface area (Å²) in [7, 11) is -3.55. The highest BCUT2D eigenvalue weighted by molar-refractivity contribution is 7.90. The van der Waals surface area contributed by atoms with Crippen LogP contribution in [0.4, 0.5) is 0 Å². The van der Waals surface area contributed by atoms with Gasteiger partial charge in [0.1, 0.15) is 25.3 Å². The smallest absolute Gasteiger partial charge is 0.343 e. The van der Waals surface area contributed by atoms with Gasteiger partial charge in [0.15, 0.2) is 17.1 Å². The normalized spacial score (nSPS) is 15.2. The molecule has 3 atom stereocenters. The Morgan fingerprint density at radius 2 is 1.27 bits per heavy atom. The second-order valence-electron chi connectivity index (χ2n) is 22.1. The summed E-state index contributed by atoms with van der Waals surface area (Å²) in [5, 5.41) is 25.2. The number of aliphatic hydroxyl groups is 1. The molecule has 3 aromatic heterocycles. The molecule has 518 valence electrons. The van der Waals surface area contributed by atoms with E-state index < -0.39 is 75.1 Å². The van der Waals surface area contributed by atoms with Crippen LogP contribution in [-0.2, 0) is 106 Å². The molecule has 4 aromatic rings. The second-order valence-corrected chi connectivity index (χ2v) is 24.0. The summed E-state index contributed by atoms with van der Waals surface area (Å²) in [4.78, 5) is 105. The summed E-state index contributed by atoms with van der Waals surface area (Å²) in [6.45, 7) is 10.2. The molecule has 0 saturated heterocycles. The van der Waals surface area contributed by atoms with Crippen molar-refractivity contribution >= 4 is 56.2 Å². The van der Waals surface area contributed by atoms with Crippen molar-refractivity contribution in [2.24, 2.45) is 11.7 Å². The maximum Gasteiger partial charge on any atom is 0.343 e. The van der Waals surface area contributed by atoms with E-state index in [1.807, 2.05) is 0 Å². The lowest BCUT2D eigenvalue weighted by molar-refractivity contribution is -0.172. The first-order valence-electron chi connectivity index (χ1n) is 31.1. The number of ether oxygens (including phenoxy) is 12. The van der Waals surface area contributed by atoms with Gasteiger partial charge in [-0.2, -0.15) is 0 Å². The number of amides is 5. The Kier molecular flexibility index (Phi) is 29.6. The SMILES string of the molecule is CC[C@@]1(O)C(=O)OCc2c1cc1n(c2=O)Cc2c-1nc1cc3c(cc1c2CNC(=O)CNC(=O)[C@H](CCCCN)NC(=O)[C@@H](NC(=O)COCCOCCOCCOCCOCCOCCOCCOCCOCCNC(=O)c1cnc(S(C)(=O)=O)nc1)C(C)C)OCO3. The molecule has 0 saturated carbocycles. The minimum absolute atomic E-state index is 0.00809. The summed E-state index contributed by atoms with van der Waals surface area (Å²) in [6, 6.07) is 2.93. The van der Waals surface area contributed by atoms with Crippen LogP contribution in [0.5, 0.6) is 11.5 Å². The predicted octanol–water partition coefficient (Wildman–Crippen LogP) is -0.932. The topological polar surface area (TPSA) is 414 Å². The molecule has 8 N–H and O–H groups in total. The lowest BCUT2D eigenvalue weighted by Crippen LogP contribution is -2.56. The Labute approximate surface area is 543 Å². The van der Waals surface area contributed by atoms with Crippen molar-refractivity contribution in [2.45, 2.75) is 89.0 Å². The molecule has 5 amide bonds. The van der Waals surface area contributed by atoms with Crippen LogP contribution in [0.15, 0.2) is 40.5 Å². The van der Waals surface area contributed by atoms with E-state index in [1.54, 1.807) is 39.0 Å². The van der Waals surface area contributed by atoms with Gasteiger partial charge in [0, 0.05) is 54.3 Å². The lowest BCUT2D eigenvalue weighted by Gasteiger charge is -2.31. The van der Waals surface area contributed by atoms with Gasteiger partial charge < -0.3 is 98.8 Å². The number of aromatic nitrogens is 4. The number of rotatable bonds is 45. The number of hydrogen-bond acceptors (Lipinski definition) is 26. The van der Waals surface area contributed by atoms with E-state index in [1.165, 1.54) is 4.57 Å². The van der Waals surface area contributed by atoms with E-state index in [-0.39, 0.29) is 107 Å². The fourth-order valence-electron chi connectivity index (χ4n) is 9.95. The summed E-state index contributed by atoms with van der Waals surface area (Å²) in [5.41, 5.74) is 6.17. The van der Waals surface area contributed by atoms with Crippen molar-refractivity contribution < 1.29 is 99.1 Å². The van der Waals surface area contributed by atoms with E-state index in [0.29, 0.717) is 150 Å². The van der Waals surface area contributed by atoms with Crippen molar-refractivity contribution in [2.75, 3.05) is 152 Å². The summed E-state index contributed by atoms with van der Waals surface area (Å²) in [5.74, 6) is -3.14. The fraction of sp³-hybridized carbons (Fsp3) is 0.607. The number of carbonyl (C=O) groups excluding carboxylic acids is 6. The molecule has 33 heteroatoms. The van der Waals surface area contributed by atoms with Gasteiger partial charge in [-0.15, -0.1) is 0 Å². The average molecular weight is 1340 g/mol. The van der Waals surface area contributed by atoms with Gasteiger partial charge in [-0.3, -0.25) is 28.8 Å². The standard InChI is InChI=1S/C61H86N10O22S/c1-5-61(79)45-29-48-54-43(35-71(48)58(77)44(45)36-91-59(61)78)42(41-28-49-50(93-38-92-49)30-47(41)68-54)33-64-51(72)34-65-56(75)46(8-6-7-9-62)69-57(76)53(39(2)3)70-52(73)37-90-27-26-89-25-24-88-23-22-87-21-20-86-19-18-85-17-16-84-15-14-83-13-12-82-11-10-63-55(74)40-31-66-60(67-32-40)94(4,80)81/h28-32,39,46,53,79H,5-27,33-38,62H2,1-4H3,(H,63,74)(H,64,72)(H,65,75)(H,69,76)(H,70,73)/t46-,53-,61-/m0/s1. The highest BCUT2D eigenvalue weighted by Crippen LogP contribution is 2.43. The van der Waals surface area contributed by atoms with Crippen LogP contribution >= 0.6 is 0 Å². The summed E-state index contributed by atoms with van der Waals surface area (Å²) < 4.78 is 90.4. The molecule has 3 aliphatic heterocycles. The molecule has 0 fully saturated rings. The van der Waals surface area contributed by atoms with Crippen molar-refractivity contribution in [3.8, 4) is 22.9 Å². The van der Waals surface area contributed by atoms with E-state index >= 15 is 0 Å². The Hall–Kier alpha value is -7.41. The number of pyridine rings is 2. The number of nitrogens with zero attached hydrogens (tertiary/aromatic N) is 4. The molecule has 0 aliphatic carbocycles. The second kappa shape index (κ2) is 37.6. The lowest BCUT2D eigenvalue weighted by atomic mass is 9.86. The first-order valence-corrected chi connectivity index (χ1v) is 33.0. The molecule has 32 nitrogen and oxygen atoms in total. The Morgan fingerprint density at radius 1 is 0.702 bits per heavy atom. The third-order valence-corrected chi connectivity index (χ3v) is 15.9. The Morgan fingerprint density at radius 3 is 1.82 bits per heavy atom. The van der Waals surface area contributed by atoms with E-state index in [9.17, 15) is 47.1 Å². The Balaban J connectivity index is 0.697. The van der Waals surface area contributed by atoms with Crippen LogP contribution in [0.25, 0.3) is 22.3 Å². The van der Waals surface area contributed by atoms with E-state index in [2.05, 4.69) is 36.6 Å². The van der Waals surface area contributed by atoms with Gasteiger partial charge in [-0.05, 0) is 55.8 Å². The third kappa shape index (κ3) is 21.6. The van der Waals surface area contributed by atoms with Crippen LogP contribution in [-0.4, -0.2) is 232 Å². The van der Waals surface area contributed by atoms with Gasteiger partial charge in [-0.1, -0.05) is 20.8 Å². The van der Waals surface area contributed by atoms with Gasteiger partial charge in [-0.25, -0.2) is 28.2 Å². The van der Waals surface area contributed by atoms with Crippen LogP contribution in [0, 0.1) is 5.92 Å². The minimum Gasteiger partial charge on any atom is -0.458 e. The van der Waals surface area contributed by atoms with Crippen LogP contribution in [0.3, 0.4) is 0 Å². The van der Waals surface area contributed by atoms with Gasteiger partial charge in [0.2, 0.25) is 45.4 Å². The van der Waals surface area contributed by atoms with Gasteiger partial charge in [0.25, 0.3) is 11.5 Å². The zero-order valence-corrected chi connectivity index (χ0v) is 54.2. The molecular formula is C61H86N10O22S. The number of carbonyl (C=O) groups is 6. The van der Waals surface area contributed by atoms with Crippen LogP contribution < -0.4 is 47.4 Å². The van der Waals surface area contributed by atoms with Crippen molar-refractivity contribution in [3.63, 3.8) is 0 Å². The molecule has 7 rings (SSSR count). The Bertz CT molecular complexity index is 3380. The molecule has 3 aliphatic rings. The number of unbranched alkanes of at least 4 members (excludes halogenated alkanes) is 1. The molecule has 0 radical (unpaired) electrons. The fourth-order valence-corrected chi connectivity index (χ4v) is 10.4.